The van der Waals surface area contributed by atoms with Gasteiger partial charge in [0.25, 0.3) is 0 Å². The second-order valence-corrected chi connectivity index (χ2v) is 6.60. The van der Waals surface area contributed by atoms with Crippen LogP contribution in [0.5, 0.6) is 5.75 Å². The van der Waals surface area contributed by atoms with Gasteiger partial charge in [-0.3, -0.25) is 0 Å². The number of hydrogen-bond donors (Lipinski definition) is 1. The molecule has 1 fully saturated rings. The lowest BCUT2D eigenvalue weighted by Crippen LogP contribution is -2.28. The molecule has 2 rings (SSSR count). The summed E-state index contributed by atoms with van der Waals surface area (Å²) in [5.74, 6) is 3.09. The van der Waals surface area contributed by atoms with Crippen molar-refractivity contribution in [3.8, 4) is 5.75 Å². The monoisotopic (exact) mass is 293 g/mol. The highest BCUT2D eigenvalue weighted by atomic mass is 32.2. The molecule has 2 N–H and O–H groups in total. The molecule has 1 aliphatic heterocycles. The molecule has 1 aromatic carbocycles. The predicted molar refractivity (Wildman–Crippen MR) is 84.4 cm³/mol. The van der Waals surface area contributed by atoms with Crippen molar-refractivity contribution in [2.45, 2.75) is 25.7 Å². The number of carbonyl (C=O) groups excluding carboxylic acids is 1. The molecule has 0 saturated carbocycles. The van der Waals surface area contributed by atoms with Gasteiger partial charge in [-0.15, -0.1) is 0 Å². The summed E-state index contributed by atoms with van der Waals surface area (Å²) in [6.07, 6.45) is 5.11. The molecule has 0 bridgehead atoms. The van der Waals surface area contributed by atoms with E-state index in [1.54, 1.807) is 0 Å². The van der Waals surface area contributed by atoms with Crippen LogP contribution in [0.25, 0.3) is 0 Å². The SMILES string of the molecule is NCCOc1cccc(CCC2(C=O)CCSCC2)c1. The predicted octanol–water partition coefficient (Wildman–Crippen LogP) is 2.67. The summed E-state index contributed by atoms with van der Waals surface area (Å²) in [6.45, 7) is 1.06. The van der Waals surface area contributed by atoms with Gasteiger partial charge in [-0.1, -0.05) is 12.1 Å². The molecule has 20 heavy (non-hydrogen) atoms. The van der Waals surface area contributed by atoms with Gasteiger partial charge in [0.1, 0.15) is 18.6 Å². The molecule has 0 aliphatic carbocycles. The molecule has 0 atom stereocenters. The fourth-order valence-electron chi connectivity index (χ4n) is 2.57. The summed E-state index contributed by atoms with van der Waals surface area (Å²) in [6, 6.07) is 8.12. The van der Waals surface area contributed by atoms with Crippen LogP contribution < -0.4 is 10.5 Å². The van der Waals surface area contributed by atoms with Crippen LogP contribution in [0.15, 0.2) is 24.3 Å². The standard InChI is InChI=1S/C16H23NO2S/c17-8-9-19-15-3-1-2-14(12-15)4-5-16(13-18)6-10-20-11-7-16/h1-3,12-13H,4-11,17H2. The van der Waals surface area contributed by atoms with Gasteiger partial charge in [0.2, 0.25) is 0 Å². The third kappa shape index (κ3) is 4.25. The number of aryl methyl sites for hydroxylation is 1. The van der Waals surface area contributed by atoms with Gasteiger partial charge in [0.15, 0.2) is 0 Å². The Hall–Kier alpha value is -1.00. The quantitative estimate of drug-likeness (QED) is 0.785. The fraction of sp³-hybridized carbons (Fsp3) is 0.562. The molecule has 0 radical (unpaired) electrons. The van der Waals surface area contributed by atoms with Gasteiger partial charge in [-0.25, -0.2) is 0 Å². The second-order valence-electron chi connectivity index (χ2n) is 5.38. The number of rotatable bonds is 7. The summed E-state index contributed by atoms with van der Waals surface area (Å²) >= 11 is 1.96. The van der Waals surface area contributed by atoms with Crippen molar-refractivity contribution in [1.29, 1.82) is 0 Å². The Bertz CT molecular complexity index is 430. The molecule has 4 heteroatoms. The van der Waals surface area contributed by atoms with Crippen LogP contribution in [0.1, 0.15) is 24.8 Å². The molecule has 1 saturated heterocycles. The van der Waals surface area contributed by atoms with Gasteiger partial charge in [-0.05, 0) is 54.9 Å². The Morgan fingerprint density at radius 2 is 2.15 bits per heavy atom. The van der Waals surface area contributed by atoms with Crippen LogP contribution >= 0.6 is 11.8 Å². The molecular weight excluding hydrogens is 270 g/mol. The molecule has 1 aromatic rings. The Balaban J connectivity index is 1.93. The highest BCUT2D eigenvalue weighted by Crippen LogP contribution is 2.37. The lowest BCUT2D eigenvalue weighted by atomic mass is 9.78. The van der Waals surface area contributed by atoms with E-state index in [0.29, 0.717) is 13.2 Å². The third-order valence-corrected chi connectivity index (χ3v) is 4.92. The fourth-order valence-corrected chi connectivity index (χ4v) is 3.87. The average Bonchev–Trinajstić information content (AvgIpc) is 2.52. The first-order valence-corrected chi connectivity index (χ1v) is 8.39. The van der Waals surface area contributed by atoms with Crippen LogP contribution in [0.4, 0.5) is 0 Å². The van der Waals surface area contributed by atoms with Gasteiger partial charge >= 0.3 is 0 Å². The Labute approximate surface area is 125 Å². The van der Waals surface area contributed by atoms with Crippen molar-refractivity contribution in [3.63, 3.8) is 0 Å². The number of aldehydes is 1. The first kappa shape index (κ1) is 15.4. The van der Waals surface area contributed by atoms with Crippen LogP contribution in [0.3, 0.4) is 0 Å². The minimum atomic E-state index is -0.0978. The van der Waals surface area contributed by atoms with E-state index in [0.717, 1.165) is 42.9 Å². The number of benzene rings is 1. The largest absolute Gasteiger partial charge is 0.492 e. The summed E-state index contributed by atoms with van der Waals surface area (Å²) in [5, 5.41) is 0. The molecule has 0 aromatic heterocycles. The zero-order valence-electron chi connectivity index (χ0n) is 11.8. The highest BCUT2D eigenvalue weighted by molar-refractivity contribution is 7.99. The summed E-state index contributed by atoms with van der Waals surface area (Å²) in [4.78, 5) is 11.5. The number of ether oxygens (including phenoxy) is 1. The molecule has 0 amide bonds. The minimum absolute atomic E-state index is 0.0978. The smallest absolute Gasteiger partial charge is 0.126 e. The zero-order valence-corrected chi connectivity index (χ0v) is 12.7. The molecule has 1 heterocycles. The van der Waals surface area contributed by atoms with Crippen LogP contribution in [0.2, 0.25) is 0 Å². The molecule has 0 unspecified atom stereocenters. The number of nitrogens with two attached hydrogens (primary N) is 1. The second kappa shape index (κ2) is 7.70. The lowest BCUT2D eigenvalue weighted by Gasteiger charge is -2.31. The highest BCUT2D eigenvalue weighted by Gasteiger charge is 2.31. The van der Waals surface area contributed by atoms with Gasteiger partial charge < -0.3 is 15.3 Å². The molecular formula is C16H23NO2S. The average molecular weight is 293 g/mol. The van der Waals surface area contributed by atoms with Gasteiger partial charge in [-0.2, -0.15) is 11.8 Å². The zero-order chi connectivity index (χ0) is 14.3. The van der Waals surface area contributed by atoms with E-state index >= 15 is 0 Å². The minimum Gasteiger partial charge on any atom is -0.492 e. The number of hydrogen-bond acceptors (Lipinski definition) is 4. The molecule has 110 valence electrons. The first-order chi connectivity index (χ1) is 9.78. The van der Waals surface area contributed by atoms with E-state index in [4.69, 9.17) is 10.5 Å². The van der Waals surface area contributed by atoms with Crippen molar-refractivity contribution in [3.05, 3.63) is 29.8 Å². The van der Waals surface area contributed by atoms with Crippen LogP contribution in [0, 0.1) is 5.41 Å². The van der Waals surface area contributed by atoms with E-state index in [9.17, 15) is 4.79 Å². The maximum atomic E-state index is 11.5. The number of thioether (sulfide) groups is 1. The van der Waals surface area contributed by atoms with E-state index < -0.39 is 0 Å². The van der Waals surface area contributed by atoms with Crippen molar-refractivity contribution in [1.82, 2.24) is 0 Å². The van der Waals surface area contributed by atoms with Gasteiger partial charge in [0, 0.05) is 12.0 Å². The van der Waals surface area contributed by atoms with Crippen molar-refractivity contribution >= 4 is 18.0 Å². The van der Waals surface area contributed by atoms with E-state index in [1.165, 1.54) is 11.8 Å². The topological polar surface area (TPSA) is 52.3 Å². The van der Waals surface area contributed by atoms with E-state index in [1.807, 2.05) is 23.9 Å². The Kier molecular flexibility index (Phi) is 5.92. The maximum absolute atomic E-state index is 11.5. The van der Waals surface area contributed by atoms with E-state index in [2.05, 4.69) is 12.1 Å². The van der Waals surface area contributed by atoms with Crippen LogP contribution in [-0.2, 0) is 11.2 Å². The van der Waals surface area contributed by atoms with Gasteiger partial charge in [0.05, 0.1) is 0 Å². The lowest BCUT2D eigenvalue weighted by molar-refractivity contribution is -0.117. The van der Waals surface area contributed by atoms with Crippen molar-refractivity contribution < 1.29 is 9.53 Å². The van der Waals surface area contributed by atoms with Crippen molar-refractivity contribution in [2.75, 3.05) is 24.7 Å². The maximum Gasteiger partial charge on any atom is 0.126 e. The number of carbonyl (C=O) groups is 1. The summed E-state index contributed by atoms with van der Waals surface area (Å²) in [7, 11) is 0. The normalized spacial score (nSPS) is 17.6. The molecule has 0 spiro atoms. The summed E-state index contributed by atoms with van der Waals surface area (Å²) in [5.41, 5.74) is 6.58. The Morgan fingerprint density at radius 3 is 2.85 bits per heavy atom. The molecule has 3 nitrogen and oxygen atoms in total. The third-order valence-electron chi connectivity index (χ3n) is 3.94. The van der Waals surface area contributed by atoms with Crippen LogP contribution in [-0.4, -0.2) is 30.9 Å². The molecule has 1 aliphatic rings. The summed E-state index contributed by atoms with van der Waals surface area (Å²) < 4.78 is 5.54. The van der Waals surface area contributed by atoms with E-state index in [-0.39, 0.29) is 5.41 Å². The Morgan fingerprint density at radius 1 is 1.35 bits per heavy atom. The van der Waals surface area contributed by atoms with Crippen molar-refractivity contribution in [2.24, 2.45) is 11.1 Å². The first-order valence-electron chi connectivity index (χ1n) is 7.24.